The molecule has 0 radical (unpaired) electrons. The van der Waals surface area contributed by atoms with Gasteiger partial charge in [0.1, 0.15) is 17.1 Å². The van der Waals surface area contributed by atoms with Crippen molar-refractivity contribution in [1.29, 1.82) is 0 Å². The highest BCUT2D eigenvalue weighted by molar-refractivity contribution is 9.10. The Kier molecular flexibility index (Phi) is 3.85. The molecular formula is C14H10BrFO3. The zero-order valence-corrected chi connectivity index (χ0v) is 11.6. The highest BCUT2D eigenvalue weighted by Gasteiger charge is 2.19. The van der Waals surface area contributed by atoms with E-state index in [9.17, 15) is 14.3 Å². The molecule has 0 spiro atoms. The Morgan fingerprint density at radius 2 is 1.84 bits per heavy atom. The number of esters is 1. The van der Waals surface area contributed by atoms with E-state index in [4.69, 9.17) is 0 Å². The molecule has 0 atom stereocenters. The van der Waals surface area contributed by atoms with Gasteiger partial charge in [0.25, 0.3) is 0 Å². The number of rotatable bonds is 2. The second-order valence-electron chi connectivity index (χ2n) is 3.82. The number of benzene rings is 2. The van der Waals surface area contributed by atoms with Crippen LogP contribution in [0.1, 0.15) is 10.4 Å². The van der Waals surface area contributed by atoms with Crippen LogP contribution in [0.2, 0.25) is 0 Å². The number of ether oxygens (including phenoxy) is 1. The van der Waals surface area contributed by atoms with E-state index in [-0.39, 0.29) is 11.1 Å². The predicted molar refractivity (Wildman–Crippen MR) is 72.5 cm³/mol. The van der Waals surface area contributed by atoms with E-state index < -0.39 is 17.5 Å². The average molecular weight is 325 g/mol. The number of aromatic hydroxyl groups is 1. The van der Waals surface area contributed by atoms with E-state index in [0.717, 1.165) is 10.5 Å². The van der Waals surface area contributed by atoms with E-state index in [1.165, 1.54) is 13.2 Å². The number of methoxy groups -OCH3 is 1. The van der Waals surface area contributed by atoms with Crippen molar-refractivity contribution in [1.82, 2.24) is 0 Å². The second kappa shape index (κ2) is 5.40. The van der Waals surface area contributed by atoms with E-state index in [1.54, 1.807) is 24.3 Å². The number of hydrogen-bond acceptors (Lipinski definition) is 3. The maximum Gasteiger partial charge on any atom is 0.341 e. The standard InChI is InChI=1S/C14H10BrFO3/c1-19-14(18)10-6-7-11(16)12(13(10)17)8-2-4-9(15)5-3-8/h2-7,17H,1H3. The highest BCUT2D eigenvalue weighted by atomic mass is 79.9. The molecule has 0 aliphatic rings. The van der Waals surface area contributed by atoms with Crippen molar-refractivity contribution in [3.8, 4) is 16.9 Å². The van der Waals surface area contributed by atoms with Crippen LogP contribution in [0.4, 0.5) is 4.39 Å². The Bertz CT molecular complexity index is 623. The molecule has 0 aliphatic carbocycles. The summed E-state index contributed by atoms with van der Waals surface area (Å²) in [5, 5.41) is 10.0. The van der Waals surface area contributed by atoms with Gasteiger partial charge in [0.05, 0.1) is 12.7 Å². The molecule has 2 aromatic carbocycles. The van der Waals surface area contributed by atoms with Gasteiger partial charge in [0.15, 0.2) is 0 Å². The van der Waals surface area contributed by atoms with Crippen LogP contribution < -0.4 is 0 Å². The summed E-state index contributed by atoms with van der Waals surface area (Å²) in [6.45, 7) is 0. The molecule has 0 amide bonds. The summed E-state index contributed by atoms with van der Waals surface area (Å²) in [6, 6.07) is 9.05. The van der Waals surface area contributed by atoms with Gasteiger partial charge in [-0.3, -0.25) is 0 Å². The molecule has 0 bridgehead atoms. The second-order valence-corrected chi connectivity index (χ2v) is 4.73. The number of hydrogen-bond donors (Lipinski definition) is 1. The highest BCUT2D eigenvalue weighted by Crippen LogP contribution is 2.35. The molecular weight excluding hydrogens is 315 g/mol. The number of phenols is 1. The third-order valence-corrected chi connectivity index (χ3v) is 3.19. The van der Waals surface area contributed by atoms with Crippen molar-refractivity contribution in [2.24, 2.45) is 0 Å². The first-order valence-electron chi connectivity index (χ1n) is 5.40. The van der Waals surface area contributed by atoms with Gasteiger partial charge in [-0.25, -0.2) is 9.18 Å². The lowest BCUT2D eigenvalue weighted by Crippen LogP contribution is -2.03. The van der Waals surface area contributed by atoms with Gasteiger partial charge in [0.2, 0.25) is 0 Å². The van der Waals surface area contributed by atoms with Crippen LogP contribution in [-0.2, 0) is 4.74 Å². The summed E-state index contributed by atoms with van der Waals surface area (Å²) < 4.78 is 19.2. The zero-order valence-electron chi connectivity index (χ0n) is 9.98. The Labute approximate surface area is 117 Å². The first-order valence-corrected chi connectivity index (χ1v) is 6.19. The van der Waals surface area contributed by atoms with Crippen molar-refractivity contribution in [3.63, 3.8) is 0 Å². The van der Waals surface area contributed by atoms with E-state index in [2.05, 4.69) is 20.7 Å². The van der Waals surface area contributed by atoms with Crippen LogP contribution >= 0.6 is 15.9 Å². The Hall–Kier alpha value is -1.88. The average Bonchev–Trinajstić information content (AvgIpc) is 2.40. The first-order chi connectivity index (χ1) is 9.04. The minimum absolute atomic E-state index is 0.0181. The molecule has 0 unspecified atom stereocenters. The largest absolute Gasteiger partial charge is 0.506 e. The molecule has 0 fully saturated rings. The molecule has 1 N–H and O–H groups in total. The van der Waals surface area contributed by atoms with Gasteiger partial charge in [-0.2, -0.15) is 0 Å². The van der Waals surface area contributed by atoms with E-state index in [0.29, 0.717) is 5.56 Å². The smallest absolute Gasteiger partial charge is 0.341 e. The Balaban J connectivity index is 2.62. The molecule has 98 valence electrons. The van der Waals surface area contributed by atoms with Crippen LogP contribution in [0.5, 0.6) is 5.75 Å². The normalized spacial score (nSPS) is 10.3. The summed E-state index contributed by atoms with van der Waals surface area (Å²) in [6.07, 6.45) is 0. The van der Waals surface area contributed by atoms with Crippen molar-refractivity contribution in [3.05, 3.63) is 52.3 Å². The van der Waals surface area contributed by atoms with Crippen LogP contribution in [-0.4, -0.2) is 18.2 Å². The summed E-state index contributed by atoms with van der Waals surface area (Å²) in [4.78, 5) is 11.5. The molecule has 19 heavy (non-hydrogen) atoms. The molecule has 2 rings (SSSR count). The minimum atomic E-state index is -0.712. The topological polar surface area (TPSA) is 46.5 Å². The van der Waals surface area contributed by atoms with Crippen molar-refractivity contribution in [2.45, 2.75) is 0 Å². The van der Waals surface area contributed by atoms with Crippen molar-refractivity contribution in [2.75, 3.05) is 7.11 Å². The van der Waals surface area contributed by atoms with Gasteiger partial charge in [-0.1, -0.05) is 28.1 Å². The summed E-state index contributed by atoms with van der Waals surface area (Å²) in [7, 11) is 1.20. The maximum atomic E-state index is 13.9. The number of phenolic OH excluding ortho intramolecular Hbond substituents is 1. The first kappa shape index (κ1) is 13.5. The Morgan fingerprint density at radius 3 is 2.42 bits per heavy atom. The molecule has 0 aromatic heterocycles. The number of halogens is 2. The Morgan fingerprint density at radius 1 is 1.21 bits per heavy atom. The van der Waals surface area contributed by atoms with Gasteiger partial charge < -0.3 is 9.84 Å². The van der Waals surface area contributed by atoms with Crippen LogP contribution in [0.3, 0.4) is 0 Å². The fourth-order valence-corrected chi connectivity index (χ4v) is 2.00. The number of carbonyl (C=O) groups excluding carboxylic acids is 1. The van der Waals surface area contributed by atoms with Crippen LogP contribution in [0.15, 0.2) is 40.9 Å². The van der Waals surface area contributed by atoms with E-state index in [1.807, 2.05) is 0 Å². The minimum Gasteiger partial charge on any atom is -0.506 e. The molecule has 0 aliphatic heterocycles. The van der Waals surface area contributed by atoms with Gasteiger partial charge in [-0.05, 0) is 29.8 Å². The third-order valence-electron chi connectivity index (χ3n) is 2.67. The molecule has 3 nitrogen and oxygen atoms in total. The SMILES string of the molecule is COC(=O)c1ccc(F)c(-c2ccc(Br)cc2)c1O. The number of carbonyl (C=O) groups is 1. The van der Waals surface area contributed by atoms with Gasteiger partial charge in [-0.15, -0.1) is 0 Å². The molecule has 0 heterocycles. The third kappa shape index (κ3) is 2.61. The van der Waals surface area contributed by atoms with Gasteiger partial charge in [0, 0.05) is 4.47 Å². The van der Waals surface area contributed by atoms with Crippen LogP contribution in [0, 0.1) is 5.82 Å². The van der Waals surface area contributed by atoms with E-state index >= 15 is 0 Å². The molecule has 0 saturated carbocycles. The van der Waals surface area contributed by atoms with Crippen molar-refractivity contribution >= 4 is 21.9 Å². The fourth-order valence-electron chi connectivity index (χ4n) is 1.73. The van der Waals surface area contributed by atoms with Crippen molar-refractivity contribution < 1.29 is 19.0 Å². The quantitative estimate of drug-likeness (QED) is 0.856. The summed E-state index contributed by atoms with van der Waals surface area (Å²) in [5.41, 5.74) is 0.390. The molecule has 0 saturated heterocycles. The lowest BCUT2D eigenvalue weighted by molar-refractivity contribution is 0.0597. The molecule has 2 aromatic rings. The lowest BCUT2D eigenvalue weighted by atomic mass is 10.0. The maximum absolute atomic E-state index is 13.9. The fraction of sp³-hybridized carbons (Fsp3) is 0.0714. The predicted octanol–water partition coefficient (Wildman–Crippen LogP) is 3.75. The summed E-state index contributed by atoms with van der Waals surface area (Å²) >= 11 is 3.27. The lowest BCUT2D eigenvalue weighted by Gasteiger charge is -2.10. The summed E-state index contributed by atoms with van der Waals surface area (Å²) in [5.74, 6) is -1.74. The monoisotopic (exact) mass is 324 g/mol. The molecule has 5 heteroatoms. The van der Waals surface area contributed by atoms with Crippen LogP contribution in [0.25, 0.3) is 11.1 Å². The zero-order chi connectivity index (χ0) is 14.0. The van der Waals surface area contributed by atoms with Gasteiger partial charge >= 0.3 is 5.97 Å².